The van der Waals surface area contributed by atoms with Crippen LogP contribution >= 0.6 is 0 Å². The van der Waals surface area contributed by atoms with E-state index in [9.17, 15) is 9.59 Å². The Morgan fingerprint density at radius 2 is 1.76 bits per heavy atom. The Morgan fingerprint density at radius 1 is 1.00 bits per heavy atom. The summed E-state index contributed by atoms with van der Waals surface area (Å²) in [5.74, 6) is 1.51. The first-order valence-corrected chi connectivity index (χ1v) is 11.8. The average molecular weight is 498 g/mol. The first kappa shape index (κ1) is 22.6. The number of hydrogen-bond donors (Lipinski definition) is 1. The van der Waals surface area contributed by atoms with Gasteiger partial charge in [-0.3, -0.25) is 4.79 Å². The molecular formula is C27H23N5O5. The Morgan fingerprint density at radius 3 is 2.57 bits per heavy atom. The van der Waals surface area contributed by atoms with Crippen molar-refractivity contribution in [2.24, 2.45) is 0 Å². The molecule has 37 heavy (non-hydrogen) atoms. The van der Waals surface area contributed by atoms with Crippen LogP contribution < -0.4 is 25.2 Å². The molecule has 1 aliphatic heterocycles. The van der Waals surface area contributed by atoms with Gasteiger partial charge in [-0.15, -0.1) is 5.10 Å². The van der Waals surface area contributed by atoms with Crippen molar-refractivity contribution in [3.63, 3.8) is 0 Å². The molecule has 0 fully saturated rings. The number of carbonyl (C=O) groups excluding carboxylic acids is 1. The minimum absolute atomic E-state index is 0.173. The number of anilines is 1. The van der Waals surface area contributed by atoms with Crippen LogP contribution in [-0.4, -0.2) is 38.3 Å². The fourth-order valence-electron chi connectivity index (χ4n) is 4.40. The molecule has 0 bridgehead atoms. The van der Waals surface area contributed by atoms with E-state index < -0.39 is 11.6 Å². The molecule has 1 aliphatic rings. The van der Waals surface area contributed by atoms with E-state index in [0.29, 0.717) is 47.2 Å². The van der Waals surface area contributed by atoms with E-state index in [-0.39, 0.29) is 18.1 Å². The zero-order valence-corrected chi connectivity index (χ0v) is 20.2. The number of nitrogens with one attached hydrogen (secondary N) is 1. The Bertz CT molecular complexity index is 1720. The van der Waals surface area contributed by atoms with Crippen LogP contribution in [0, 0.1) is 13.8 Å². The predicted octanol–water partition coefficient (Wildman–Crippen LogP) is 3.86. The number of para-hydroxylation sites is 2. The lowest BCUT2D eigenvalue weighted by atomic mass is 10.1. The Labute approximate surface area is 211 Å². The van der Waals surface area contributed by atoms with Gasteiger partial charge in [-0.05, 0) is 61.4 Å². The maximum atomic E-state index is 13.4. The van der Waals surface area contributed by atoms with Gasteiger partial charge in [0.25, 0.3) is 5.88 Å². The minimum atomic E-state index is -0.476. The molecule has 2 aromatic heterocycles. The van der Waals surface area contributed by atoms with Crippen LogP contribution in [0.3, 0.4) is 0 Å². The summed E-state index contributed by atoms with van der Waals surface area (Å²) in [6, 6.07) is 18.2. The Kier molecular flexibility index (Phi) is 5.48. The van der Waals surface area contributed by atoms with Gasteiger partial charge in [-0.1, -0.05) is 18.2 Å². The first-order chi connectivity index (χ1) is 17.9. The second-order valence-electron chi connectivity index (χ2n) is 8.84. The van der Waals surface area contributed by atoms with Gasteiger partial charge in [0.15, 0.2) is 11.5 Å². The summed E-state index contributed by atoms with van der Waals surface area (Å²) in [6.45, 7) is 4.57. The number of rotatable bonds is 5. The molecule has 0 spiro atoms. The summed E-state index contributed by atoms with van der Waals surface area (Å²) in [4.78, 5) is 30.9. The monoisotopic (exact) mass is 497 g/mol. The zero-order chi connectivity index (χ0) is 25.5. The van der Waals surface area contributed by atoms with Gasteiger partial charge >= 0.3 is 5.69 Å². The van der Waals surface area contributed by atoms with Crippen LogP contribution in [0.5, 0.6) is 23.1 Å². The number of benzene rings is 3. The molecule has 186 valence electrons. The molecule has 5 aromatic rings. The average Bonchev–Trinajstić information content (AvgIpc) is 3.19. The van der Waals surface area contributed by atoms with Crippen LogP contribution in [0.4, 0.5) is 5.69 Å². The standard InChI is InChI=1S/C27H23N5O5/c1-16-11-17(2)13-19(12-16)37-26-25-30-31(27(34)32(25)21-6-4-3-5-20(21)29-26)15-24(33)28-18-7-8-22-23(14-18)36-10-9-35-22/h3-8,11-14H,9-10,15H2,1-2H3,(H,28,33). The van der Waals surface area contributed by atoms with Crippen LogP contribution in [-0.2, 0) is 11.3 Å². The van der Waals surface area contributed by atoms with E-state index in [1.807, 2.05) is 44.2 Å². The Hall–Kier alpha value is -4.86. The van der Waals surface area contributed by atoms with Gasteiger partial charge < -0.3 is 19.5 Å². The molecule has 0 saturated carbocycles. The van der Waals surface area contributed by atoms with Gasteiger partial charge in [-0.25, -0.2) is 18.9 Å². The number of aromatic nitrogens is 4. The number of carbonyl (C=O) groups is 1. The highest BCUT2D eigenvalue weighted by Crippen LogP contribution is 2.32. The molecule has 0 unspecified atom stereocenters. The predicted molar refractivity (Wildman–Crippen MR) is 137 cm³/mol. The lowest BCUT2D eigenvalue weighted by Crippen LogP contribution is -2.28. The van der Waals surface area contributed by atoms with Gasteiger partial charge in [0.2, 0.25) is 11.6 Å². The van der Waals surface area contributed by atoms with Crippen molar-refractivity contribution < 1.29 is 19.0 Å². The molecule has 1 N–H and O–H groups in total. The van der Waals surface area contributed by atoms with E-state index >= 15 is 0 Å². The van der Waals surface area contributed by atoms with Crippen molar-refractivity contribution in [2.75, 3.05) is 18.5 Å². The largest absolute Gasteiger partial charge is 0.486 e. The topological polar surface area (TPSA) is 109 Å². The number of amides is 1. The molecule has 10 nitrogen and oxygen atoms in total. The fraction of sp³-hybridized carbons (Fsp3) is 0.185. The molecule has 0 radical (unpaired) electrons. The minimum Gasteiger partial charge on any atom is -0.486 e. The van der Waals surface area contributed by atoms with E-state index in [0.717, 1.165) is 15.8 Å². The molecule has 1 amide bonds. The third-order valence-corrected chi connectivity index (χ3v) is 5.90. The van der Waals surface area contributed by atoms with Crippen molar-refractivity contribution in [3.8, 4) is 23.1 Å². The number of hydrogen-bond acceptors (Lipinski definition) is 7. The van der Waals surface area contributed by atoms with Crippen LogP contribution in [0.15, 0.2) is 65.5 Å². The van der Waals surface area contributed by atoms with Gasteiger partial charge in [-0.2, -0.15) is 0 Å². The molecule has 3 heterocycles. The van der Waals surface area contributed by atoms with Gasteiger partial charge in [0, 0.05) is 11.8 Å². The number of aryl methyl sites for hydroxylation is 2. The lowest BCUT2D eigenvalue weighted by molar-refractivity contribution is -0.117. The van der Waals surface area contributed by atoms with E-state index in [4.69, 9.17) is 14.2 Å². The SMILES string of the molecule is Cc1cc(C)cc(Oc2nc3ccccc3n3c(=O)n(CC(=O)Nc4ccc5c(c4)OCCO5)nc23)c1. The normalized spacial score (nSPS) is 12.6. The van der Waals surface area contributed by atoms with Gasteiger partial charge in [0.05, 0.1) is 11.0 Å². The highest BCUT2D eigenvalue weighted by molar-refractivity contribution is 5.91. The summed E-state index contributed by atoms with van der Waals surface area (Å²) in [7, 11) is 0. The summed E-state index contributed by atoms with van der Waals surface area (Å²) in [5, 5.41) is 7.22. The highest BCUT2D eigenvalue weighted by atomic mass is 16.6. The number of ether oxygens (including phenoxy) is 3. The third kappa shape index (κ3) is 4.33. The van der Waals surface area contributed by atoms with Crippen molar-refractivity contribution in [3.05, 3.63) is 82.3 Å². The van der Waals surface area contributed by atoms with Crippen LogP contribution in [0.25, 0.3) is 16.7 Å². The first-order valence-electron chi connectivity index (χ1n) is 11.8. The van der Waals surface area contributed by atoms with Crippen LogP contribution in [0.1, 0.15) is 11.1 Å². The van der Waals surface area contributed by atoms with Crippen molar-refractivity contribution in [2.45, 2.75) is 20.4 Å². The number of fused-ring (bicyclic) bond motifs is 4. The molecule has 0 atom stereocenters. The molecule has 6 rings (SSSR count). The van der Waals surface area contributed by atoms with Crippen molar-refractivity contribution >= 4 is 28.3 Å². The quantitative estimate of drug-likeness (QED) is 0.393. The Balaban J connectivity index is 1.36. The van der Waals surface area contributed by atoms with Gasteiger partial charge in [0.1, 0.15) is 25.5 Å². The van der Waals surface area contributed by atoms with E-state index in [2.05, 4.69) is 15.4 Å². The summed E-state index contributed by atoms with van der Waals surface area (Å²) < 4.78 is 19.7. The van der Waals surface area contributed by atoms with E-state index in [1.54, 1.807) is 30.3 Å². The lowest BCUT2D eigenvalue weighted by Gasteiger charge is -2.18. The second-order valence-corrected chi connectivity index (χ2v) is 8.84. The summed E-state index contributed by atoms with van der Waals surface area (Å²) >= 11 is 0. The molecule has 0 aliphatic carbocycles. The third-order valence-electron chi connectivity index (χ3n) is 5.90. The number of nitrogens with zero attached hydrogens (tertiary/aromatic N) is 4. The fourth-order valence-corrected chi connectivity index (χ4v) is 4.40. The molecule has 0 saturated heterocycles. The van der Waals surface area contributed by atoms with Crippen molar-refractivity contribution in [1.29, 1.82) is 0 Å². The van der Waals surface area contributed by atoms with Crippen LogP contribution in [0.2, 0.25) is 0 Å². The van der Waals surface area contributed by atoms with Crippen molar-refractivity contribution in [1.82, 2.24) is 19.2 Å². The maximum absolute atomic E-state index is 13.4. The molecule has 10 heteroatoms. The smallest absolute Gasteiger partial charge is 0.351 e. The zero-order valence-electron chi connectivity index (χ0n) is 20.2. The molecule has 3 aromatic carbocycles. The second kappa shape index (κ2) is 8.98. The molecular weight excluding hydrogens is 474 g/mol. The summed E-state index contributed by atoms with van der Waals surface area (Å²) in [6.07, 6.45) is 0. The van der Waals surface area contributed by atoms with E-state index in [1.165, 1.54) is 4.40 Å². The summed E-state index contributed by atoms with van der Waals surface area (Å²) in [5.41, 5.74) is 3.46. The highest BCUT2D eigenvalue weighted by Gasteiger charge is 2.20. The maximum Gasteiger partial charge on any atom is 0.351 e.